The highest BCUT2D eigenvalue weighted by Gasteiger charge is 2.11. The highest BCUT2D eigenvalue weighted by atomic mass is 35.5. The van der Waals surface area contributed by atoms with Crippen LogP contribution in [0.4, 0.5) is 5.69 Å². The fourth-order valence-corrected chi connectivity index (χ4v) is 1.79. The maximum absolute atomic E-state index is 6.06. The predicted molar refractivity (Wildman–Crippen MR) is 68.1 cm³/mol. The van der Waals surface area contributed by atoms with Gasteiger partial charge in [-0.15, -0.1) is 0 Å². The van der Waals surface area contributed by atoms with Crippen LogP contribution in [0.1, 0.15) is 24.4 Å². The van der Waals surface area contributed by atoms with Crippen molar-refractivity contribution in [2.45, 2.75) is 19.9 Å². The Hall–Kier alpha value is -1.68. The molecule has 0 radical (unpaired) electrons. The Morgan fingerprint density at radius 3 is 2.71 bits per heavy atom. The first-order chi connectivity index (χ1) is 8.18. The summed E-state index contributed by atoms with van der Waals surface area (Å²) in [4.78, 5) is 12.6. The van der Waals surface area contributed by atoms with Gasteiger partial charge in [-0.1, -0.05) is 11.6 Å². The van der Waals surface area contributed by atoms with Gasteiger partial charge >= 0.3 is 0 Å². The van der Waals surface area contributed by atoms with E-state index in [1.165, 1.54) is 0 Å². The number of hydrogen-bond donors (Lipinski definition) is 1. The first-order valence-electron chi connectivity index (χ1n) is 5.32. The third kappa shape index (κ3) is 2.71. The summed E-state index contributed by atoms with van der Waals surface area (Å²) in [6.45, 7) is 3.95. The standard InChI is InChI=1S/C12H13ClN4/c1-8-12(16-6-5-15-8)9(2)17-11-7-14-4-3-10(11)13/h3-7,9,17H,1-2H3. The van der Waals surface area contributed by atoms with Crippen molar-refractivity contribution in [3.8, 4) is 0 Å². The second kappa shape index (κ2) is 5.10. The number of anilines is 1. The smallest absolute Gasteiger partial charge is 0.0835 e. The molecule has 5 heteroatoms. The van der Waals surface area contributed by atoms with Crippen molar-refractivity contribution >= 4 is 17.3 Å². The Balaban J connectivity index is 2.20. The minimum absolute atomic E-state index is 0.0328. The van der Waals surface area contributed by atoms with Crippen molar-refractivity contribution in [2.24, 2.45) is 0 Å². The quantitative estimate of drug-likeness (QED) is 0.907. The molecule has 2 rings (SSSR count). The molecule has 0 fully saturated rings. The van der Waals surface area contributed by atoms with Gasteiger partial charge in [-0.2, -0.15) is 0 Å². The van der Waals surface area contributed by atoms with Crippen molar-refractivity contribution in [2.75, 3.05) is 5.32 Å². The van der Waals surface area contributed by atoms with Crippen LogP contribution in [-0.4, -0.2) is 15.0 Å². The summed E-state index contributed by atoms with van der Waals surface area (Å²) in [5.41, 5.74) is 2.62. The molecule has 1 N–H and O–H groups in total. The molecule has 2 aromatic heterocycles. The molecule has 0 aromatic carbocycles. The van der Waals surface area contributed by atoms with Crippen molar-refractivity contribution in [3.05, 3.63) is 47.3 Å². The zero-order valence-electron chi connectivity index (χ0n) is 9.68. The lowest BCUT2D eigenvalue weighted by molar-refractivity contribution is 0.809. The molecule has 0 aliphatic heterocycles. The van der Waals surface area contributed by atoms with Gasteiger partial charge < -0.3 is 5.32 Å². The van der Waals surface area contributed by atoms with E-state index in [0.29, 0.717) is 5.02 Å². The number of aryl methyl sites for hydroxylation is 1. The number of nitrogens with one attached hydrogen (secondary N) is 1. The Morgan fingerprint density at radius 1 is 1.24 bits per heavy atom. The normalized spacial score (nSPS) is 12.2. The van der Waals surface area contributed by atoms with Crippen molar-refractivity contribution in [1.29, 1.82) is 0 Å². The average molecular weight is 249 g/mol. The summed E-state index contributed by atoms with van der Waals surface area (Å²) in [7, 11) is 0. The molecule has 0 aliphatic rings. The second-order valence-corrected chi connectivity index (χ2v) is 4.16. The van der Waals surface area contributed by atoms with E-state index in [9.17, 15) is 0 Å². The lowest BCUT2D eigenvalue weighted by atomic mass is 10.2. The molecular formula is C12H13ClN4. The molecule has 0 amide bonds. The highest BCUT2D eigenvalue weighted by molar-refractivity contribution is 6.33. The van der Waals surface area contributed by atoms with Crippen LogP contribution in [0.3, 0.4) is 0 Å². The number of hydrogen-bond acceptors (Lipinski definition) is 4. The maximum Gasteiger partial charge on any atom is 0.0835 e. The molecule has 1 atom stereocenters. The van der Waals surface area contributed by atoms with Gasteiger partial charge in [0.05, 0.1) is 34.3 Å². The molecular weight excluding hydrogens is 236 g/mol. The van der Waals surface area contributed by atoms with Gasteiger partial charge in [-0.05, 0) is 19.9 Å². The number of nitrogens with zero attached hydrogens (tertiary/aromatic N) is 3. The molecule has 0 saturated heterocycles. The van der Waals surface area contributed by atoms with Gasteiger partial charge in [0, 0.05) is 18.6 Å². The maximum atomic E-state index is 6.06. The first kappa shape index (κ1) is 11.8. The van der Waals surface area contributed by atoms with E-state index in [0.717, 1.165) is 17.1 Å². The van der Waals surface area contributed by atoms with Crippen LogP contribution in [0.15, 0.2) is 30.9 Å². The molecule has 2 heterocycles. The van der Waals surface area contributed by atoms with E-state index in [4.69, 9.17) is 11.6 Å². The molecule has 2 aromatic rings. The Bertz CT molecular complexity index is 515. The van der Waals surface area contributed by atoms with Crippen molar-refractivity contribution < 1.29 is 0 Å². The minimum Gasteiger partial charge on any atom is -0.374 e. The molecule has 0 spiro atoms. The molecule has 88 valence electrons. The largest absolute Gasteiger partial charge is 0.374 e. The number of aromatic nitrogens is 3. The lowest BCUT2D eigenvalue weighted by Gasteiger charge is -2.16. The zero-order valence-corrected chi connectivity index (χ0v) is 10.4. The Kier molecular flexibility index (Phi) is 3.54. The van der Waals surface area contributed by atoms with Crippen LogP contribution in [-0.2, 0) is 0 Å². The van der Waals surface area contributed by atoms with E-state index < -0.39 is 0 Å². The molecule has 0 aliphatic carbocycles. The van der Waals surface area contributed by atoms with Crippen LogP contribution in [0.5, 0.6) is 0 Å². The fraction of sp³-hybridized carbons (Fsp3) is 0.250. The molecule has 0 saturated carbocycles. The average Bonchev–Trinajstić information content (AvgIpc) is 2.32. The number of pyridine rings is 1. The van der Waals surface area contributed by atoms with Crippen LogP contribution in [0.2, 0.25) is 5.02 Å². The van der Waals surface area contributed by atoms with E-state index in [2.05, 4.69) is 20.3 Å². The third-order valence-corrected chi connectivity index (χ3v) is 2.80. The summed E-state index contributed by atoms with van der Waals surface area (Å²) < 4.78 is 0. The van der Waals surface area contributed by atoms with E-state index >= 15 is 0 Å². The van der Waals surface area contributed by atoms with E-state index in [1.54, 1.807) is 30.9 Å². The summed E-state index contributed by atoms with van der Waals surface area (Å²) in [6.07, 6.45) is 6.73. The van der Waals surface area contributed by atoms with Gasteiger partial charge in [-0.25, -0.2) is 0 Å². The second-order valence-electron chi connectivity index (χ2n) is 3.75. The lowest BCUT2D eigenvalue weighted by Crippen LogP contribution is -2.11. The van der Waals surface area contributed by atoms with Crippen molar-refractivity contribution in [1.82, 2.24) is 15.0 Å². The zero-order chi connectivity index (χ0) is 12.3. The van der Waals surface area contributed by atoms with Gasteiger partial charge in [0.2, 0.25) is 0 Å². The third-order valence-electron chi connectivity index (χ3n) is 2.47. The Labute approximate surface area is 105 Å². The molecule has 1 unspecified atom stereocenters. The van der Waals surface area contributed by atoms with Gasteiger partial charge in [0.15, 0.2) is 0 Å². The monoisotopic (exact) mass is 248 g/mol. The van der Waals surface area contributed by atoms with Gasteiger partial charge in [0.1, 0.15) is 0 Å². The van der Waals surface area contributed by atoms with Crippen LogP contribution in [0, 0.1) is 6.92 Å². The summed E-state index contributed by atoms with van der Waals surface area (Å²) in [5, 5.41) is 3.92. The summed E-state index contributed by atoms with van der Waals surface area (Å²) >= 11 is 6.06. The van der Waals surface area contributed by atoms with E-state index in [1.807, 2.05) is 13.8 Å². The van der Waals surface area contributed by atoms with Crippen molar-refractivity contribution in [3.63, 3.8) is 0 Å². The SMILES string of the molecule is Cc1nccnc1C(C)Nc1cnccc1Cl. The van der Waals surface area contributed by atoms with Crippen LogP contribution < -0.4 is 5.32 Å². The van der Waals surface area contributed by atoms with Gasteiger partial charge in [0.25, 0.3) is 0 Å². The predicted octanol–water partition coefficient (Wildman–Crippen LogP) is 3.01. The first-order valence-corrected chi connectivity index (χ1v) is 5.70. The minimum atomic E-state index is 0.0328. The van der Waals surface area contributed by atoms with Crippen LogP contribution >= 0.6 is 11.6 Å². The Morgan fingerprint density at radius 2 is 2.00 bits per heavy atom. The number of halogens is 1. The molecule has 17 heavy (non-hydrogen) atoms. The molecule has 4 nitrogen and oxygen atoms in total. The molecule has 0 bridgehead atoms. The fourth-order valence-electron chi connectivity index (χ4n) is 1.63. The topological polar surface area (TPSA) is 50.7 Å². The summed E-state index contributed by atoms with van der Waals surface area (Å²) in [5.74, 6) is 0. The highest BCUT2D eigenvalue weighted by Crippen LogP contribution is 2.24. The summed E-state index contributed by atoms with van der Waals surface area (Å²) in [6, 6.07) is 1.78. The van der Waals surface area contributed by atoms with E-state index in [-0.39, 0.29) is 6.04 Å². The van der Waals surface area contributed by atoms with Gasteiger partial charge in [-0.3, -0.25) is 15.0 Å². The van der Waals surface area contributed by atoms with Crippen LogP contribution in [0.25, 0.3) is 0 Å². The number of rotatable bonds is 3.